The average molecular weight is 275 g/mol. The molecule has 19 heavy (non-hydrogen) atoms. The fraction of sp³-hybridized carbons (Fsp3) is 0. The van der Waals surface area contributed by atoms with Gasteiger partial charge in [0, 0.05) is 16.7 Å². The van der Waals surface area contributed by atoms with Gasteiger partial charge in [-0.1, -0.05) is 11.6 Å². The normalized spacial score (nSPS) is 10.8. The summed E-state index contributed by atoms with van der Waals surface area (Å²) in [6.45, 7) is 0. The zero-order valence-corrected chi connectivity index (χ0v) is 10.3. The summed E-state index contributed by atoms with van der Waals surface area (Å²) < 4.78 is 1.39. The van der Waals surface area contributed by atoms with Gasteiger partial charge in [0.25, 0.3) is 5.69 Å². The highest BCUT2D eigenvalue weighted by molar-refractivity contribution is 6.30. The fourth-order valence-electron chi connectivity index (χ4n) is 1.70. The van der Waals surface area contributed by atoms with Gasteiger partial charge in [-0.2, -0.15) is 0 Å². The Morgan fingerprint density at radius 1 is 1.16 bits per heavy atom. The maximum atomic E-state index is 10.7. The van der Waals surface area contributed by atoms with Crippen molar-refractivity contribution in [2.45, 2.75) is 0 Å². The molecule has 0 aliphatic rings. The van der Waals surface area contributed by atoms with Crippen molar-refractivity contribution in [1.82, 2.24) is 14.6 Å². The largest absolute Gasteiger partial charge is 0.287 e. The molecule has 0 saturated carbocycles. The van der Waals surface area contributed by atoms with Crippen LogP contribution in [-0.2, 0) is 0 Å². The molecule has 0 N–H and O–H groups in total. The summed E-state index contributed by atoms with van der Waals surface area (Å²) >= 11 is 5.81. The van der Waals surface area contributed by atoms with Gasteiger partial charge in [0.1, 0.15) is 6.20 Å². The van der Waals surface area contributed by atoms with E-state index in [1.54, 1.807) is 30.3 Å². The molecule has 94 valence electrons. The second-order valence-corrected chi connectivity index (χ2v) is 4.33. The summed E-state index contributed by atoms with van der Waals surface area (Å²) in [5, 5.41) is 15.5. The van der Waals surface area contributed by atoms with E-state index in [0.29, 0.717) is 16.5 Å². The van der Waals surface area contributed by atoms with E-state index in [4.69, 9.17) is 11.6 Å². The van der Waals surface area contributed by atoms with E-state index < -0.39 is 4.92 Å². The van der Waals surface area contributed by atoms with Crippen molar-refractivity contribution in [1.29, 1.82) is 0 Å². The lowest BCUT2D eigenvalue weighted by molar-refractivity contribution is -0.385. The molecule has 0 bridgehead atoms. The highest BCUT2D eigenvalue weighted by Gasteiger charge is 2.10. The number of nitro groups is 1. The Hall–Kier alpha value is -2.47. The molecule has 3 aromatic rings. The van der Waals surface area contributed by atoms with Crippen molar-refractivity contribution in [2.75, 3.05) is 0 Å². The Kier molecular flexibility index (Phi) is 2.64. The first-order chi connectivity index (χ1) is 9.13. The highest BCUT2D eigenvalue weighted by atomic mass is 35.5. The number of fused-ring (bicyclic) bond motifs is 1. The summed E-state index contributed by atoms with van der Waals surface area (Å²) in [5.41, 5.74) is 1.33. The number of halogens is 1. The quantitative estimate of drug-likeness (QED) is 0.532. The maximum Gasteiger partial charge on any atom is 0.287 e. The van der Waals surface area contributed by atoms with Crippen LogP contribution in [0.3, 0.4) is 0 Å². The molecule has 0 radical (unpaired) electrons. The van der Waals surface area contributed by atoms with Crippen LogP contribution < -0.4 is 0 Å². The van der Waals surface area contributed by atoms with Gasteiger partial charge in [0.15, 0.2) is 11.5 Å². The number of hydrogen-bond donors (Lipinski definition) is 0. The van der Waals surface area contributed by atoms with E-state index in [-0.39, 0.29) is 5.69 Å². The molecule has 0 aliphatic carbocycles. The van der Waals surface area contributed by atoms with Crippen LogP contribution in [-0.4, -0.2) is 19.5 Å². The molecule has 0 unspecified atom stereocenters. The topological polar surface area (TPSA) is 73.3 Å². The summed E-state index contributed by atoms with van der Waals surface area (Å²) in [6.07, 6.45) is 1.34. The third-order valence-corrected chi connectivity index (χ3v) is 2.88. The van der Waals surface area contributed by atoms with Crippen LogP contribution in [0.15, 0.2) is 42.6 Å². The zero-order chi connectivity index (χ0) is 13.4. The Morgan fingerprint density at radius 2 is 1.89 bits per heavy atom. The number of pyridine rings is 1. The van der Waals surface area contributed by atoms with E-state index in [1.807, 2.05) is 0 Å². The Labute approximate surface area is 112 Å². The van der Waals surface area contributed by atoms with Crippen LogP contribution in [0.2, 0.25) is 5.02 Å². The second-order valence-electron chi connectivity index (χ2n) is 3.89. The van der Waals surface area contributed by atoms with E-state index in [1.165, 1.54) is 16.8 Å². The average Bonchev–Trinajstić information content (AvgIpc) is 2.82. The van der Waals surface area contributed by atoms with Crippen molar-refractivity contribution in [3.05, 3.63) is 57.7 Å². The number of nitrogens with zero attached hydrogens (tertiary/aromatic N) is 4. The van der Waals surface area contributed by atoms with E-state index in [0.717, 1.165) is 5.56 Å². The number of rotatable bonds is 2. The van der Waals surface area contributed by atoms with E-state index >= 15 is 0 Å². The van der Waals surface area contributed by atoms with Crippen molar-refractivity contribution < 1.29 is 4.92 Å². The second kappa shape index (κ2) is 4.33. The molecular formula is C12H7ClN4O2. The molecular weight excluding hydrogens is 268 g/mol. The Bertz CT molecular complexity index is 767. The third-order valence-electron chi connectivity index (χ3n) is 2.63. The molecule has 7 heteroatoms. The van der Waals surface area contributed by atoms with Gasteiger partial charge in [0.05, 0.1) is 4.92 Å². The molecule has 2 heterocycles. The number of benzene rings is 1. The molecule has 0 atom stereocenters. The molecule has 0 amide bonds. The summed E-state index contributed by atoms with van der Waals surface area (Å²) in [6, 6.07) is 10.0. The molecule has 6 nitrogen and oxygen atoms in total. The van der Waals surface area contributed by atoms with Crippen molar-refractivity contribution in [2.24, 2.45) is 0 Å². The maximum absolute atomic E-state index is 10.7. The molecule has 3 rings (SSSR count). The molecule has 1 aromatic carbocycles. The molecule has 0 spiro atoms. The molecule has 0 aliphatic heterocycles. The lowest BCUT2D eigenvalue weighted by Crippen LogP contribution is -1.92. The lowest BCUT2D eigenvalue weighted by Gasteiger charge is -1.93. The first-order valence-corrected chi connectivity index (χ1v) is 5.78. The third kappa shape index (κ3) is 2.13. The Balaban J connectivity index is 2.11. The minimum atomic E-state index is -0.469. The van der Waals surface area contributed by atoms with Crippen LogP contribution >= 0.6 is 11.6 Å². The van der Waals surface area contributed by atoms with Gasteiger partial charge in [-0.05, 0) is 30.3 Å². The van der Waals surface area contributed by atoms with Gasteiger partial charge in [-0.25, -0.2) is 9.50 Å². The standard InChI is InChI=1S/C12H7ClN4O2/c13-9-3-1-8(2-4-9)12-14-11-6-5-10(17(18)19)7-16(11)15-12/h1-7H. The predicted molar refractivity (Wildman–Crippen MR) is 70.1 cm³/mol. The minimum absolute atomic E-state index is 0.0277. The van der Waals surface area contributed by atoms with Gasteiger partial charge >= 0.3 is 0 Å². The van der Waals surface area contributed by atoms with Gasteiger partial charge in [-0.3, -0.25) is 10.1 Å². The fourth-order valence-corrected chi connectivity index (χ4v) is 1.83. The van der Waals surface area contributed by atoms with Crippen molar-refractivity contribution in [3.63, 3.8) is 0 Å². The highest BCUT2D eigenvalue weighted by Crippen LogP contribution is 2.20. The van der Waals surface area contributed by atoms with Gasteiger partial charge < -0.3 is 0 Å². The predicted octanol–water partition coefficient (Wildman–Crippen LogP) is 2.96. The van der Waals surface area contributed by atoms with Crippen LogP contribution in [0, 0.1) is 10.1 Å². The molecule has 2 aromatic heterocycles. The monoisotopic (exact) mass is 274 g/mol. The van der Waals surface area contributed by atoms with Crippen LogP contribution in [0.1, 0.15) is 0 Å². The summed E-state index contributed by atoms with van der Waals surface area (Å²) in [5.74, 6) is 0.497. The number of aromatic nitrogens is 3. The van der Waals surface area contributed by atoms with Gasteiger partial charge in [0.2, 0.25) is 0 Å². The Morgan fingerprint density at radius 3 is 2.58 bits per heavy atom. The van der Waals surface area contributed by atoms with Gasteiger partial charge in [-0.15, -0.1) is 5.10 Å². The van der Waals surface area contributed by atoms with Crippen LogP contribution in [0.4, 0.5) is 5.69 Å². The summed E-state index contributed by atoms with van der Waals surface area (Å²) in [7, 11) is 0. The number of hydrogen-bond acceptors (Lipinski definition) is 4. The van der Waals surface area contributed by atoms with Crippen molar-refractivity contribution >= 4 is 22.9 Å². The zero-order valence-electron chi connectivity index (χ0n) is 9.52. The lowest BCUT2D eigenvalue weighted by atomic mass is 10.2. The van der Waals surface area contributed by atoms with Crippen LogP contribution in [0.5, 0.6) is 0 Å². The first-order valence-electron chi connectivity index (χ1n) is 5.40. The first kappa shape index (κ1) is 11.6. The van der Waals surface area contributed by atoms with E-state index in [9.17, 15) is 10.1 Å². The summed E-state index contributed by atoms with van der Waals surface area (Å²) in [4.78, 5) is 14.5. The molecule has 0 fully saturated rings. The minimum Gasteiger partial charge on any atom is -0.258 e. The van der Waals surface area contributed by atoms with E-state index in [2.05, 4.69) is 10.1 Å². The van der Waals surface area contributed by atoms with Crippen molar-refractivity contribution in [3.8, 4) is 11.4 Å². The van der Waals surface area contributed by atoms with Crippen LogP contribution in [0.25, 0.3) is 17.0 Å². The molecule has 0 saturated heterocycles. The smallest absolute Gasteiger partial charge is 0.258 e. The SMILES string of the molecule is O=[N+]([O-])c1ccc2nc(-c3ccc(Cl)cc3)nn2c1.